The van der Waals surface area contributed by atoms with Gasteiger partial charge < -0.3 is 15.2 Å². The van der Waals surface area contributed by atoms with Gasteiger partial charge in [0.1, 0.15) is 11.5 Å². The summed E-state index contributed by atoms with van der Waals surface area (Å²) in [6.07, 6.45) is 1.23. The summed E-state index contributed by atoms with van der Waals surface area (Å²) in [5, 5.41) is 16.0. The van der Waals surface area contributed by atoms with E-state index in [0.717, 1.165) is 0 Å². The van der Waals surface area contributed by atoms with Gasteiger partial charge in [-0.15, -0.1) is 0 Å². The van der Waals surface area contributed by atoms with E-state index >= 15 is 0 Å². The van der Waals surface area contributed by atoms with Crippen LogP contribution in [-0.4, -0.2) is 29.7 Å². The summed E-state index contributed by atoms with van der Waals surface area (Å²) in [6.45, 7) is 2.41. The van der Waals surface area contributed by atoms with Crippen molar-refractivity contribution < 1.29 is 19.4 Å². The summed E-state index contributed by atoms with van der Waals surface area (Å²) in [7, 11) is 0. The third kappa shape index (κ3) is 5.57. The molecule has 0 fully saturated rings. The van der Waals surface area contributed by atoms with Crippen molar-refractivity contribution >= 4 is 55.6 Å². The van der Waals surface area contributed by atoms with Gasteiger partial charge >= 0.3 is 11.8 Å². The van der Waals surface area contributed by atoms with E-state index < -0.39 is 11.8 Å². The lowest BCUT2D eigenvalue weighted by molar-refractivity contribution is -0.136. The maximum atomic E-state index is 11.8. The molecule has 2 aromatic carbocycles. The maximum absolute atomic E-state index is 11.8. The van der Waals surface area contributed by atoms with Gasteiger partial charge in [-0.05, 0) is 59.3 Å². The minimum Gasteiger partial charge on any atom is -0.506 e. The molecule has 0 aliphatic rings. The first-order valence-corrected chi connectivity index (χ1v) is 9.04. The van der Waals surface area contributed by atoms with Crippen molar-refractivity contribution in [1.82, 2.24) is 5.43 Å². The highest BCUT2D eigenvalue weighted by atomic mass is 79.9. The maximum Gasteiger partial charge on any atom is 0.329 e. The van der Waals surface area contributed by atoms with Crippen molar-refractivity contribution in [2.75, 3.05) is 11.9 Å². The lowest BCUT2D eigenvalue weighted by atomic mass is 10.2. The highest BCUT2D eigenvalue weighted by Crippen LogP contribution is 2.30. The van der Waals surface area contributed by atoms with Crippen molar-refractivity contribution in [3.8, 4) is 11.5 Å². The molecule has 0 spiro atoms. The molecule has 0 aliphatic heterocycles. The van der Waals surface area contributed by atoms with Crippen LogP contribution in [0.3, 0.4) is 0 Å². The Labute approximate surface area is 166 Å². The summed E-state index contributed by atoms with van der Waals surface area (Å²) in [5.74, 6) is -1.18. The quantitative estimate of drug-likeness (QED) is 0.344. The Hall–Kier alpha value is -2.39. The number of carbonyl (C=O) groups excluding carboxylic acids is 2. The average Bonchev–Trinajstić information content (AvgIpc) is 2.60. The largest absolute Gasteiger partial charge is 0.506 e. The Bertz CT molecular complexity index is 839. The van der Waals surface area contributed by atoms with Crippen LogP contribution in [0.15, 0.2) is 50.4 Å². The lowest BCUT2D eigenvalue weighted by Crippen LogP contribution is -2.32. The molecule has 2 aromatic rings. The third-order valence-corrected chi connectivity index (χ3v) is 4.12. The van der Waals surface area contributed by atoms with Crippen LogP contribution in [0.1, 0.15) is 12.5 Å². The van der Waals surface area contributed by atoms with Crippen LogP contribution >= 0.6 is 31.9 Å². The van der Waals surface area contributed by atoms with Gasteiger partial charge in [0, 0.05) is 15.7 Å². The fourth-order valence-corrected chi connectivity index (χ4v) is 3.14. The van der Waals surface area contributed by atoms with Gasteiger partial charge in [-0.3, -0.25) is 9.59 Å². The second kappa shape index (κ2) is 9.35. The first kappa shape index (κ1) is 19.9. The fraction of sp³-hybridized carbons (Fsp3) is 0.118. The minimum absolute atomic E-state index is 0.0370. The Morgan fingerprint density at radius 3 is 2.54 bits per heavy atom. The van der Waals surface area contributed by atoms with Crippen LogP contribution in [0.2, 0.25) is 0 Å². The van der Waals surface area contributed by atoms with Crippen molar-refractivity contribution in [2.45, 2.75) is 6.92 Å². The van der Waals surface area contributed by atoms with E-state index in [-0.39, 0.29) is 5.75 Å². The molecule has 3 N–H and O–H groups in total. The number of benzene rings is 2. The van der Waals surface area contributed by atoms with Crippen LogP contribution in [0.25, 0.3) is 0 Å². The number of anilines is 1. The number of rotatable bonds is 5. The first-order valence-electron chi connectivity index (χ1n) is 7.46. The number of aromatic hydroxyl groups is 1. The molecule has 26 heavy (non-hydrogen) atoms. The first-order chi connectivity index (χ1) is 12.4. The number of phenols is 1. The van der Waals surface area contributed by atoms with Crippen molar-refractivity contribution in [3.63, 3.8) is 0 Å². The molecular formula is C17H15Br2N3O4. The van der Waals surface area contributed by atoms with E-state index in [9.17, 15) is 14.7 Å². The number of nitrogens with one attached hydrogen (secondary N) is 2. The smallest absolute Gasteiger partial charge is 0.329 e. The highest BCUT2D eigenvalue weighted by Gasteiger charge is 2.13. The van der Waals surface area contributed by atoms with Gasteiger partial charge in [0.25, 0.3) is 0 Å². The van der Waals surface area contributed by atoms with Crippen LogP contribution in [0, 0.1) is 0 Å². The van der Waals surface area contributed by atoms with E-state index in [1.165, 1.54) is 6.21 Å². The number of halogens is 2. The molecule has 0 saturated carbocycles. The molecule has 0 bridgehead atoms. The molecule has 0 atom stereocenters. The van der Waals surface area contributed by atoms with Crippen molar-refractivity contribution in [3.05, 3.63) is 50.9 Å². The summed E-state index contributed by atoms with van der Waals surface area (Å²) in [5.41, 5.74) is 2.91. The molecule has 2 amide bonds. The summed E-state index contributed by atoms with van der Waals surface area (Å²) >= 11 is 6.47. The zero-order valence-electron chi connectivity index (χ0n) is 13.6. The summed E-state index contributed by atoms with van der Waals surface area (Å²) < 4.78 is 6.47. The molecule has 136 valence electrons. The Kier molecular flexibility index (Phi) is 7.16. The second-order valence-corrected chi connectivity index (χ2v) is 6.71. The number of phenolic OH excluding ortho intramolecular Hbond substituents is 1. The second-order valence-electron chi connectivity index (χ2n) is 4.94. The molecule has 0 radical (unpaired) electrons. The highest BCUT2D eigenvalue weighted by molar-refractivity contribution is 9.11. The topological polar surface area (TPSA) is 100 Å². The van der Waals surface area contributed by atoms with Crippen LogP contribution in [0.4, 0.5) is 5.69 Å². The lowest BCUT2D eigenvalue weighted by Gasteiger charge is -2.06. The number of hydrogen-bond donors (Lipinski definition) is 3. The van der Waals surface area contributed by atoms with Crippen LogP contribution in [-0.2, 0) is 9.59 Å². The molecule has 0 saturated heterocycles. The van der Waals surface area contributed by atoms with Crippen LogP contribution < -0.4 is 15.5 Å². The van der Waals surface area contributed by atoms with Crippen molar-refractivity contribution in [1.29, 1.82) is 0 Å². The zero-order chi connectivity index (χ0) is 19.1. The number of amides is 2. The molecular weight excluding hydrogens is 470 g/mol. The van der Waals surface area contributed by atoms with Crippen LogP contribution in [0.5, 0.6) is 11.5 Å². The predicted molar refractivity (Wildman–Crippen MR) is 105 cm³/mol. The molecule has 0 aromatic heterocycles. The zero-order valence-corrected chi connectivity index (χ0v) is 16.8. The number of nitrogens with zero attached hydrogens (tertiary/aromatic N) is 1. The van der Waals surface area contributed by atoms with Gasteiger partial charge in [0.15, 0.2) is 0 Å². The number of ether oxygens (including phenoxy) is 1. The standard InChI is InChI=1S/C17H15Br2N3O4/c1-2-26-13-5-3-12(4-6-13)21-16(24)17(25)22-20-9-10-7-11(18)8-14(19)15(10)23/h3-9,23H,2H2,1H3,(H,21,24)(H,22,25). The average molecular weight is 485 g/mol. The molecule has 7 nitrogen and oxygen atoms in total. The number of hydrazone groups is 1. The van der Waals surface area contributed by atoms with E-state index in [1.807, 2.05) is 6.92 Å². The normalized spacial score (nSPS) is 10.6. The Morgan fingerprint density at radius 2 is 1.88 bits per heavy atom. The van der Waals surface area contributed by atoms with E-state index in [4.69, 9.17) is 4.74 Å². The van der Waals surface area contributed by atoms with Gasteiger partial charge in [-0.25, -0.2) is 5.43 Å². The number of hydrogen-bond acceptors (Lipinski definition) is 5. The fourth-order valence-electron chi connectivity index (χ4n) is 1.88. The van der Waals surface area contributed by atoms with E-state index in [1.54, 1.807) is 36.4 Å². The van der Waals surface area contributed by atoms with E-state index in [0.29, 0.717) is 32.6 Å². The van der Waals surface area contributed by atoms with Gasteiger partial charge in [-0.2, -0.15) is 5.10 Å². The Morgan fingerprint density at radius 1 is 1.19 bits per heavy atom. The third-order valence-electron chi connectivity index (χ3n) is 3.06. The van der Waals surface area contributed by atoms with Gasteiger partial charge in [0.2, 0.25) is 0 Å². The molecule has 0 aliphatic carbocycles. The molecule has 9 heteroatoms. The molecule has 0 heterocycles. The predicted octanol–water partition coefficient (Wildman–Crippen LogP) is 3.40. The molecule has 0 unspecified atom stereocenters. The Balaban J connectivity index is 1.94. The SMILES string of the molecule is CCOc1ccc(NC(=O)C(=O)NN=Cc2cc(Br)cc(Br)c2O)cc1. The minimum atomic E-state index is -0.941. The van der Waals surface area contributed by atoms with E-state index in [2.05, 4.69) is 47.7 Å². The van der Waals surface area contributed by atoms with Crippen molar-refractivity contribution in [2.24, 2.45) is 5.10 Å². The van der Waals surface area contributed by atoms with Gasteiger partial charge in [0.05, 0.1) is 17.3 Å². The summed E-state index contributed by atoms with van der Waals surface area (Å²) in [4.78, 5) is 23.6. The van der Waals surface area contributed by atoms with Gasteiger partial charge in [-0.1, -0.05) is 15.9 Å². The monoisotopic (exact) mass is 483 g/mol. The molecule has 2 rings (SSSR count). The number of carbonyl (C=O) groups is 2. The summed E-state index contributed by atoms with van der Waals surface area (Å²) in [6, 6.07) is 9.88.